The zero-order chi connectivity index (χ0) is 21.3. The summed E-state index contributed by atoms with van der Waals surface area (Å²) in [5.41, 5.74) is 3.78. The first kappa shape index (κ1) is 20.4. The van der Waals surface area contributed by atoms with Gasteiger partial charge >= 0.3 is 5.97 Å². The van der Waals surface area contributed by atoms with E-state index in [0.29, 0.717) is 5.56 Å². The summed E-state index contributed by atoms with van der Waals surface area (Å²) in [5, 5.41) is 14.7. The SMILES string of the molecule is O=C(Cc1ccccc1)NN=Cc1cccc(OC(=O)c2cccc([N+](=O)[O-])c2)c1. The third-order valence-electron chi connectivity index (χ3n) is 3.97. The van der Waals surface area contributed by atoms with Crippen molar-refractivity contribution in [3.63, 3.8) is 0 Å². The van der Waals surface area contributed by atoms with Gasteiger partial charge in [0.05, 0.1) is 23.1 Å². The van der Waals surface area contributed by atoms with E-state index in [0.717, 1.165) is 11.6 Å². The second kappa shape index (κ2) is 9.74. The van der Waals surface area contributed by atoms with Gasteiger partial charge in [-0.05, 0) is 29.3 Å². The van der Waals surface area contributed by atoms with Crippen LogP contribution in [0.2, 0.25) is 0 Å². The Balaban J connectivity index is 1.59. The van der Waals surface area contributed by atoms with Crippen LogP contribution in [0.15, 0.2) is 84.0 Å². The fourth-order valence-electron chi connectivity index (χ4n) is 2.57. The van der Waals surface area contributed by atoms with Crippen LogP contribution in [0.3, 0.4) is 0 Å². The highest BCUT2D eigenvalue weighted by Crippen LogP contribution is 2.17. The molecule has 3 aromatic rings. The number of rotatable bonds is 7. The summed E-state index contributed by atoms with van der Waals surface area (Å²) in [5.74, 6) is -0.735. The summed E-state index contributed by atoms with van der Waals surface area (Å²) in [6.45, 7) is 0. The largest absolute Gasteiger partial charge is 0.423 e. The quantitative estimate of drug-likeness (QED) is 0.213. The lowest BCUT2D eigenvalue weighted by Crippen LogP contribution is -2.19. The van der Waals surface area contributed by atoms with Crippen molar-refractivity contribution in [3.8, 4) is 5.75 Å². The van der Waals surface area contributed by atoms with E-state index in [1.807, 2.05) is 30.3 Å². The number of esters is 1. The van der Waals surface area contributed by atoms with Crippen LogP contribution in [-0.4, -0.2) is 23.0 Å². The molecule has 3 rings (SSSR count). The van der Waals surface area contributed by atoms with E-state index in [2.05, 4.69) is 10.5 Å². The van der Waals surface area contributed by atoms with E-state index < -0.39 is 10.9 Å². The maximum atomic E-state index is 12.2. The molecule has 0 aliphatic rings. The normalized spacial score (nSPS) is 10.5. The second-order valence-corrected chi connectivity index (χ2v) is 6.23. The number of carbonyl (C=O) groups is 2. The van der Waals surface area contributed by atoms with Gasteiger partial charge in [0.1, 0.15) is 5.75 Å². The molecular weight excluding hydrogens is 386 g/mol. The molecule has 0 atom stereocenters. The first-order chi connectivity index (χ1) is 14.5. The molecule has 1 N–H and O–H groups in total. The fourth-order valence-corrected chi connectivity index (χ4v) is 2.57. The summed E-state index contributed by atoms with van der Waals surface area (Å²) in [6, 6.07) is 21.1. The van der Waals surface area contributed by atoms with Crippen molar-refractivity contribution in [2.24, 2.45) is 5.10 Å². The van der Waals surface area contributed by atoms with Gasteiger partial charge in [0, 0.05) is 12.1 Å². The van der Waals surface area contributed by atoms with Gasteiger partial charge in [-0.25, -0.2) is 10.2 Å². The first-order valence-corrected chi connectivity index (χ1v) is 8.94. The average Bonchev–Trinajstić information content (AvgIpc) is 2.75. The van der Waals surface area contributed by atoms with Gasteiger partial charge in [0.25, 0.3) is 5.69 Å². The van der Waals surface area contributed by atoms with Crippen LogP contribution in [0, 0.1) is 10.1 Å². The van der Waals surface area contributed by atoms with E-state index in [9.17, 15) is 19.7 Å². The Bertz CT molecular complexity index is 1100. The van der Waals surface area contributed by atoms with Gasteiger partial charge in [0.2, 0.25) is 5.91 Å². The molecule has 150 valence electrons. The number of ether oxygens (including phenoxy) is 1. The lowest BCUT2D eigenvalue weighted by Gasteiger charge is -2.05. The topological polar surface area (TPSA) is 111 Å². The summed E-state index contributed by atoms with van der Waals surface area (Å²) < 4.78 is 5.27. The third-order valence-corrected chi connectivity index (χ3v) is 3.97. The molecule has 30 heavy (non-hydrogen) atoms. The number of nitrogens with zero attached hydrogens (tertiary/aromatic N) is 2. The summed E-state index contributed by atoms with van der Waals surface area (Å²) >= 11 is 0. The van der Waals surface area contributed by atoms with Crippen LogP contribution >= 0.6 is 0 Å². The van der Waals surface area contributed by atoms with Crippen LogP contribution in [0.4, 0.5) is 5.69 Å². The van der Waals surface area contributed by atoms with E-state index >= 15 is 0 Å². The van der Waals surface area contributed by atoms with Crippen molar-refractivity contribution >= 4 is 23.8 Å². The van der Waals surface area contributed by atoms with E-state index in [1.54, 1.807) is 24.3 Å². The zero-order valence-electron chi connectivity index (χ0n) is 15.7. The summed E-state index contributed by atoms with van der Waals surface area (Å²) in [4.78, 5) is 34.4. The van der Waals surface area contributed by atoms with E-state index in [-0.39, 0.29) is 29.3 Å². The Morgan fingerprint density at radius 1 is 1.00 bits per heavy atom. The molecule has 8 heteroatoms. The highest BCUT2D eigenvalue weighted by molar-refractivity contribution is 5.92. The molecule has 0 saturated carbocycles. The minimum atomic E-state index is -0.719. The van der Waals surface area contributed by atoms with Crippen LogP contribution in [0.1, 0.15) is 21.5 Å². The number of carbonyl (C=O) groups excluding carboxylic acids is 2. The smallest absolute Gasteiger partial charge is 0.343 e. The van der Waals surface area contributed by atoms with Crippen LogP contribution in [-0.2, 0) is 11.2 Å². The van der Waals surface area contributed by atoms with Gasteiger partial charge < -0.3 is 4.74 Å². The number of hydrogen-bond donors (Lipinski definition) is 1. The molecular formula is C22H17N3O5. The average molecular weight is 403 g/mol. The molecule has 1 amide bonds. The summed E-state index contributed by atoms with van der Waals surface area (Å²) in [7, 11) is 0. The fraction of sp³-hybridized carbons (Fsp3) is 0.0455. The zero-order valence-corrected chi connectivity index (χ0v) is 15.7. The second-order valence-electron chi connectivity index (χ2n) is 6.23. The molecule has 0 aliphatic heterocycles. The minimum Gasteiger partial charge on any atom is -0.423 e. The molecule has 0 aliphatic carbocycles. The van der Waals surface area contributed by atoms with Crippen molar-refractivity contribution in [1.29, 1.82) is 0 Å². The molecule has 0 unspecified atom stereocenters. The Morgan fingerprint density at radius 3 is 2.53 bits per heavy atom. The molecule has 0 bridgehead atoms. The third kappa shape index (κ3) is 5.83. The maximum absolute atomic E-state index is 12.2. The lowest BCUT2D eigenvalue weighted by atomic mass is 10.1. The number of nitro groups is 1. The Kier molecular flexibility index (Phi) is 6.63. The minimum absolute atomic E-state index is 0.0662. The predicted molar refractivity (Wildman–Crippen MR) is 110 cm³/mol. The Morgan fingerprint density at radius 2 is 1.77 bits per heavy atom. The monoisotopic (exact) mass is 403 g/mol. The number of nitro benzene ring substituents is 1. The molecule has 0 saturated heterocycles. The highest BCUT2D eigenvalue weighted by atomic mass is 16.6. The first-order valence-electron chi connectivity index (χ1n) is 8.94. The van der Waals surface area contributed by atoms with Gasteiger partial charge in [-0.2, -0.15) is 5.10 Å². The maximum Gasteiger partial charge on any atom is 0.343 e. The van der Waals surface area contributed by atoms with Crippen LogP contribution in [0.5, 0.6) is 5.75 Å². The number of non-ortho nitro benzene ring substituents is 1. The molecule has 0 spiro atoms. The Hall–Kier alpha value is -4.33. The number of nitrogens with one attached hydrogen (secondary N) is 1. The van der Waals surface area contributed by atoms with Gasteiger partial charge in [-0.3, -0.25) is 14.9 Å². The van der Waals surface area contributed by atoms with Crippen LogP contribution < -0.4 is 10.2 Å². The molecule has 3 aromatic carbocycles. The van der Waals surface area contributed by atoms with Crippen molar-refractivity contribution in [1.82, 2.24) is 5.43 Å². The van der Waals surface area contributed by atoms with E-state index in [1.165, 1.54) is 24.4 Å². The highest BCUT2D eigenvalue weighted by Gasteiger charge is 2.13. The van der Waals surface area contributed by atoms with Crippen molar-refractivity contribution in [2.45, 2.75) is 6.42 Å². The molecule has 0 heterocycles. The van der Waals surface area contributed by atoms with Gasteiger partial charge in [-0.1, -0.05) is 48.5 Å². The van der Waals surface area contributed by atoms with E-state index in [4.69, 9.17) is 4.74 Å². The Labute approximate surface area is 172 Å². The molecule has 0 aromatic heterocycles. The summed E-state index contributed by atoms with van der Waals surface area (Å²) in [6.07, 6.45) is 1.63. The van der Waals surface area contributed by atoms with Gasteiger partial charge in [-0.15, -0.1) is 0 Å². The molecule has 0 radical (unpaired) electrons. The van der Waals surface area contributed by atoms with Crippen molar-refractivity contribution < 1.29 is 19.2 Å². The molecule has 0 fully saturated rings. The van der Waals surface area contributed by atoms with Crippen molar-refractivity contribution in [3.05, 3.63) is 106 Å². The number of benzene rings is 3. The van der Waals surface area contributed by atoms with Gasteiger partial charge in [0.15, 0.2) is 0 Å². The standard InChI is InChI=1S/C22H17N3O5/c26-21(13-16-6-2-1-3-7-16)24-23-15-17-8-4-11-20(12-17)30-22(27)18-9-5-10-19(14-18)25(28)29/h1-12,14-15H,13H2,(H,24,26). The van der Waals surface area contributed by atoms with Crippen LogP contribution in [0.25, 0.3) is 0 Å². The van der Waals surface area contributed by atoms with Crippen molar-refractivity contribution in [2.75, 3.05) is 0 Å². The molecule has 8 nitrogen and oxygen atoms in total. The number of hydrazone groups is 1. The predicted octanol–water partition coefficient (Wildman–Crippen LogP) is 3.51. The number of hydrogen-bond acceptors (Lipinski definition) is 6. The lowest BCUT2D eigenvalue weighted by molar-refractivity contribution is -0.384. The number of amides is 1.